The first kappa shape index (κ1) is 17.9. The van der Waals surface area contributed by atoms with Gasteiger partial charge >= 0.3 is 6.03 Å². The van der Waals surface area contributed by atoms with Crippen molar-refractivity contribution in [1.82, 2.24) is 10.2 Å². The maximum Gasteiger partial charge on any atom is 0.324 e. The Bertz CT molecular complexity index is 618. The van der Waals surface area contributed by atoms with Crippen LogP contribution in [-0.2, 0) is 9.59 Å². The number of nitrogens with one attached hydrogen (secondary N) is 3. The number of para-hydroxylation sites is 1. The van der Waals surface area contributed by atoms with Crippen LogP contribution in [0.5, 0.6) is 0 Å². The molecule has 1 aliphatic heterocycles. The summed E-state index contributed by atoms with van der Waals surface area (Å²) in [5, 5.41) is 5.50. The van der Waals surface area contributed by atoms with Crippen molar-refractivity contribution in [1.29, 1.82) is 0 Å². The van der Waals surface area contributed by atoms with Crippen molar-refractivity contribution in [2.24, 2.45) is 0 Å². The average Bonchev–Trinajstić information content (AvgIpc) is 2.96. The number of carbonyl (C=O) groups is 3. The van der Waals surface area contributed by atoms with E-state index in [9.17, 15) is 14.4 Å². The van der Waals surface area contributed by atoms with Gasteiger partial charge in [0.15, 0.2) is 13.1 Å². The molecule has 0 radical (unpaired) electrons. The molecule has 24 heavy (non-hydrogen) atoms. The number of amides is 4. The molecule has 130 valence electrons. The van der Waals surface area contributed by atoms with Crippen molar-refractivity contribution in [3.8, 4) is 0 Å². The molecule has 0 saturated carbocycles. The smallest absolute Gasteiger partial charge is 0.324 e. The lowest BCUT2D eigenvalue weighted by molar-refractivity contribution is -0.883. The number of benzene rings is 1. The minimum absolute atomic E-state index is 0.133. The number of quaternary nitrogens is 1. The molecule has 0 aliphatic carbocycles. The Morgan fingerprint density at radius 1 is 1.29 bits per heavy atom. The van der Waals surface area contributed by atoms with E-state index in [-0.39, 0.29) is 30.9 Å². The molecule has 1 aromatic carbocycles. The summed E-state index contributed by atoms with van der Waals surface area (Å²) in [4.78, 5) is 38.2. The minimum Gasteiger partial charge on any atom is -0.336 e. The fraction of sp³-hybridized carbons (Fsp3) is 0.471. The number of hydrogen-bond donors (Lipinski definition) is 3. The Hall–Kier alpha value is -2.41. The third-order valence-electron chi connectivity index (χ3n) is 3.99. The van der Waals surface area contributed by atoms with E-state index < -0.39 is 0 Å². The largest absolute Gasteiger partial charge is 0.336 e. The van der Waals surface area contributed by atoms with Gasteiger partial charge in [-0.05, 0) is 25.0 Å². The number of hydrogen-bond acceptors (Lipinski definition) is 3. The highest BCUT2D eigenvalue weighted by atomic mass is 16.2. The fourth-order valence-electron chi connectivity index (χ4n) is 2.75. The molecule has 7 heteroatoms. The van der Waals surface area contributed by atoms with E-state index in [0.717, 1.165) is 22.6 Å². The molecule has 1 saturated heterocycles. The van der Waals surface area contributed by atoms with Crippen molar-refractivity contribution >= 4 is 23.5 Å². The minimum atomic E-state index is -0.347. The van der Waals surface area contributed by atoms with Crippen LogP contribution in [0.3, 0.4) is 0 Å². The van der Waals surface area contributed by atoms with Crippen LogP contribution in [0.1, 0.15) is 18.9 Å². The number of nitrogens with zero attached hydrogens (tertiary/aromatic N) is 1. The van der Waals surface area contributed by atoms with E-state index in [1.807, 2.05) is 38.1 Å². The zero-order chi connectivity index (χ0) is 17.5. The SMILES string of the molecule is CCC[NH+](CC(=O)Nc1ccccc1C)CC(=O)N1CCNC1=O. The molecule has 1 aromatic rings. The lowest BCUT2D eigenvalue weighted by atomic mass is 10.2. The fourth-order valence-corrected chi connectivity index (χ4v) is 2.75. The van der Waals surface area contributed by atoms with Crippen LogP contribution in [0.4, 0.5) is 10.5 Å². The Labute approximate surface area is 142 Å². The first-order valence-electron chi connectivity index (χ1n) is 8.28. The van der Waals surface area contributed by atoms with Gasteiger partial charge in [-0.15, -0.1) is 0 Å². The van der Waals surface area contributed by atoms with Gasteiger partial charge in [0.1, 0.15) is 0 Å². The number of anilines is 1. The lowest BCUT2D eigenvalue weighted by Gasteiger charge is -2.20. The average molecular weight is 333 g/mol. The van der Waals surface area contributed by atoms with Gasteiger partial charge in [0, 0.05) is 18.8 Å². The predicted molar refractivity (Wildman–Crippen MR) is 90.8 cm³/mol. The molecule has 2 rings (SSSR count). The van der Waals surface area contributed by atoms with E-state index in [1.165, 1.54) is 4.90 Å². The van der Waals surface area contributed by atoms with Crippen LogP contribution in [0.15, 0.2) is 24.3 Å². The highest BCUT2D eigenvalue weighted by molar-refractivity contribution is 5.96. The maximum atomic E-state index is 12.3. The van der Waals surface area contributed by atoms with Crippen LogP contribution < -0.4 is 15.5 Å². The number of carbonyl (C=O) groups excluding carboxylic acids is 3. The molecular formula is C17H25N4O3+. The Balaban J connectivity index is 1.92. The van der Waals surface area contributed by atoms with Crippen LogP contribution >= 0.6 is 0 Å². The Morgan fingerprint density at radius 3 is 2.67 bits per heavy atom. The van der Waals surface area contributed by atoms with E-state index >= 15 is 0 Å². The van der Waals surface area contributed by atoms with E-state index in [0.29, 0.717) is 19.6 Å². The second-order valence-corrected chi connectivity index (χ2v) is 5.99. The molecule has 4 amide bonds. The van der Waals surface area contributed by atoms with Gasteiger partial charge in [0.2, 0.25) is 0 Å². The second-order valence-electron chi connectivity index (χ2n) is 5.99. The van der Waals surface area contributed by atoms with Gasteiger partial charge in [0.25, 0.3) is 11.8 Å². The third-order valence-corrected chi connectivity index (χ3v) is 3.99. The number of rotatable bonds is 7. The summed E-state index contributed by atoms with van der Waals surface area (Å²) in [6, 6.07) is 7.22. The molecule has 1 unspecified atom stereocenters. The predicted octanol–water partition coefficient (Wildman–Crippen LogP) is -0.220. The summed E-state index contributed by atoms with van der Waals surface area (Å²) in [7, 11) is 0. The molecule has 1 fully saturated rings. The van der Waals surface area contributed by atoms with E-state index in [1.54, 1.807) is 0 Å². The first-order chi connectivity index (χ1) is 11.5. The molecule has 1 heterocycles. The van der Waals surface area contributed by atoms with Crippen molar-refractivity contribution in [2.45, 2.75) is 20.3 Å². The molecule has 7 nitrogen and oxygen atoms in total. The topological polar surface area (TPSA) is 82.9 Å². The van der Waals surface area contributed by atoms with E-state index in [2.05, 4.69) is 10.6 Å². The van der Waals surface area contributed by atoms with Crippen molar-refractivity contribution in [3.63, 3.8) is 0 Å². The summed E-state index contributed by atoms with van der Waals surface area (Å²) in [5.74, 6) is -0.372. The highest BCUT2D eigenvalue weighted by Gasteiger charge is 2.29. The molecule has 0 aromatic heterocycles. The molecular weight excluding hydrogens is 308 g/mol. The Morgan fingerprint density at radius 2 is 2.04 bits per heavy atom. The highest BCUT2D eigenvalue weighted by Crippen LogP contribution is 2.12. The second kappa shape index (κ2) is 8.44. The summed E-state index contributed by atoms with van der Waals surface area (Å²) < 4.78 is 0. The van der Waals surface area contributed by atoms with Crippen molar-refractivity contribution in [2.75, 3.05) is 38.0 Å². The molecule has 0 spiro atoms. The van der Waals surface area contributed by atoms with Gasteiger partial charge in [0.05, 0.1) is 6.54 Å². The van der Waals surface area contributed by atoms with Crippen LogP contribution in [0, 0.1) is 6.92 Å². The summed E-state index contributed by atoms with van der Waals surface area (Å²) in [6.07, 6.45) is 0.854. The molecule has 3 N–H and O–H groups in total. The number of imide groups is 1. The van der Waals surface area contributed by atoms with Crippen molar-refractivity contribution in [3.05, 3.63) is 29.8 Å². The first-order valence-corrected chi connectivity index (χ1v) is 8.28. The van der Waals surface area contributed by atoms with Crippen LogP contribution in [-0.4, -0.2) is 55.5 Å². The molecule has 1 atom stereocenters. The monoisotopic (exact) mass is 333 g/mol. The van der Waals surface area contributed by atoms with Gasteiger partial charge in [-0.3, -0.25) is 14.5 Å². The number of urea groups is 1. The lowest BCUT2D eigenvalue weighted by Crippen LogP contribution is -3.14. The quantitative estimate of drug-likeness (QED) is 0.645. The molecule has 1 aliphatic rings. The Kier molecular flexibility index (Phi) is 6.31. The third kappa shape index (κ3) is 4.79. The normalized spacial score (nSPS) is 15.1. The maximum absolute atomic E-state index is 12.3. The summed E-state index contributed by atoms with van der Waals surface area (Å²) >= 11 is 0. The zero-order valence-electron chi connectivity index (χ0n) is 14.2. The van der Waals surface area contributed by atoms with Gasteiger partial charge in [-0.25, -0.2) is 4.79 Å². The van der Waals surface area contributed by atoms with Gasteiger partial charge < -0.3 is 15.5 Å². The van der Waals surface area contributed by atoms with Crippen LogP contribution in [0.25, 0.3) is 0 Å². The van der Waals surface area contributed by atoms with Gasteiger partial charge in [-0.1, -0.05) is 25.1 Å². The van der Waals surface area contributed by atoms with Crippen LogP contribution in [0.2, 0.25) is 0 Å². The van der Waals surface area contributed by atoms with Gasteiger partial charge in [-0.2, -0.15) is 0 Å². The summed E-state index contributed by atoms with van der Waals surface area (Å²) in [5.41, 5.74) is 1.77. The van der Waals surface area contributed by atoms with E-state index in [4.69, 9.17) is 0 Å². The standard InChI is InChI=1S/C17H24N4O3/c1-3-9-20(12-16(23)21-10-8-18-17(21)24)11-15(22)19-14-7-5-4-6-13(14)2/h4-7H,3,8-12H2,1-2H3,(H,18,24)(H,19,22)/p+1. The zero-order valence-corrected chi connectivity index (χ0v) is 14.2. The molecule has 0 bridgehead atoms. The number of aryl methyl sites for hydroxylation is 1. The summed E-state index contributed by atoms with van der Waals surface area (Å²) in [6.45, 7) is 5.86. The van der Waals surface area contributed by atoms with Crippen molar-refractivity contribution < 1.29 is 19.3 Å².